The molecule has 80 valence electrons. The van der Waals surface area contributed by atoms with E-state index in [1.165, 1.54) is 0 Å². The number of fused-ring (bicyclic) bond motifs is 2. The molecule has 0 radical (unpaired) electrons. The molecule has 1 nitrogen and oxygen atoms in total. The van der Waals surface area contributed by atoms with E-state index >= 15 is 0 Å². The van der Waals surface area contributed by atoms with Crippen LogP contribution in [-0.4, -0.2) is 0 Å². The Morgan fingerprint density at radius 1 is 0.812 bits per heavy atom. The number of rotatable bonds is 0. The normalized spacial score (nSPS) is 12.6. The smallest absolute Gasteiger partial charge is 0.149 e. The maximum absolute atomic E-state index is 6.09. The van der Waals surface area contributed by atoms with E-state index in [4.69, 9.17) is 27.9 Å². The molecule has 0 aromatic heterocycles. The van der Waals surface area contributed by atoms with Gasteiger partial charge in [0.05, 0.1) is 10.0 Å². The third-order valence-corrected chi connectivity index (χ3v) is 3.28. The molecule has 0 bridgehead atoms. The number of ether oxygens (including phenoxy) is 1. The fraction of sp³-hybridized carbons (Fsp3) is 0.0769. The quantitative estimate of drug-likeness (QED) is 0.563. The summed E-state index contributed by atoms with van der Waals surface area (Å²) in [5, 5.41) is 1.26. The van der Waals surface area contributed by atoms with Crippen LogP contribution in [0.25, 0.3) is 0 Å². The Morgan fingerprint density at radius 3 is 1.81 bits per heavy atom. The van der Waals surface area contributed by atoms with Crippen LogP contribution >= 0.6 is 23.2 Å². The molecule has 0 N–H and O–H groups in total. The van der Waals surface area contributed by atoms with Crippen LogP contribution < -0.4 is 4.74 Å². The first-order valence-electron chi connectivity index (χ1n) is 4.98. The minimum absolute atomic E-state index is 0.628. The highest BCUT2D eigenvalue weighted by Gasteiger charge is 2.20. The lowest BCUT2D eigenvalue weighted by atomic mass is 10.0. The summed E-state index contributed by atoms with van der Waals surface area (Å²) in [7, 11) is 0. The van der Waals surface area contributed by atoms with Crippen molar-refractivity contribution in [1.82, 2.24) is 0 Å². The second kappa shape index (κ2) is 3.69. The summed E-state index contributed by atoms with van der Waals surface area (Å²) in [5.41, 5.74) is 2.20. The van der Waals surface area contributed by atoms with Crippen LogP contribution in [0.15, 0.2) is 36.4 Å². The van der Waals surface area contributed by atoms with Crippen molar-refractivity contribution in [2.75, 3.05) is 0 Å². The van der Waals surface area contributed by atoms with Gasteiger partial charge in [-0.2, -0.15) is 0 Å². The largest absolute Gasteiger partial charge is 0.454 e. The van der Waals surface area contributed by atoms with Crippen LogP contribution in [0.3, 0.4) is 0 Å². The highest BCUT2D eigenvalue weighted by atomic mass is 35.5. The van der Waals surface area contributed by atoms with Crippen LogP contribution in [-0.2, 0) is 6.42 Å². The van der Waals surface area contributed by atoms with Crippen molar-refractivity contribution in [1.29, 1.82) is 0 Å². The van der Waals surface area contributed by atoms with Crippen molar-refractivity contribution in [2.24, 2.45) is 0 Å². The second-order valence-corrected chi connectivity index (χ2v) is 4.55. The lowest BCUT2D eigenvalue weighted by Crippen LogP contribution is -2.03. The number of halogens is 2. The molecule has 2 aromatic rings. The summed E-state index contributed by atoms with van der Waals surface area (Å²) >= 11 is 12.2. The highest BCUT2D eigenvalue weighted by Crippen LogP contribution is 2.43. The van der Waals surface area contributed by atoms with E-state index in [2.05, 4.69) is 0 Å². The molecule has 0 unspecified atom stereocenters. The number of hydrogen-bond donors (Lipinski definition) is 0. The number of benzene rings is 2. The van der Waals surface area contributed by atoms with Gasteiger partial charge in [0.2, 0.25) is 0 Å². The Morgan fingerprint density at radius 2 is 1.31 bits per heavy atom. The Labute approximate surface area is 104 Å². The molecule has 0 saturated heterocycles. The van der Waals surface area contributed by atoms with Crippen LogP contribution in [0.2, 0.25) is 10.0 Å². The third-order valence-electron chi connectivity index (χ3n) is 2.68. The van der Waals surface area contributed by atoms with Crippen LogP contribution in [0.4, 0.5) is 0 Å². The van der Waals surface area contributed by atoms with Gasteiger partial charge in [-0.05, 0) is 12.1 Å². The number of hydrogen-bond acceptors (Lipinski definition) is 1. The van der Waals surface area contributed by atoms with Crippen molar-refractivity contribution in [3.8, 4) is 11.5 Å². The summed E-state index contributed by atoms with van der Waals surface area (Å²) in [6.45, 7) is 0. The molecule has 3 heteroatoms. The Bertz CT molecular complexity index is 514. The first kappa shape index (κ1) is 10.0. The van der Waals surface area contributed by atoms with E-state index in [9.17, 15) is 0 Å². The molecule has 1 heterocycles. The SMILES string of the molecule is Clc1cccc2c1Oc1c(Cl)cccc1C2. The molecule has 1 aliphatic rings. The molecule has 0 atom stereocenters. The lowest BCUT2D eigenvalue weighted by Gasteiger charge is -2.21. The average molecular weight is 251 g/mol. The van der Waals surface area contributed by atoms with E-state index in [0.717, 1.165) is 29.0 Å². The third kappa shape index (κ3) is 1.48. The average Bonchev–Trinajstić information content (AvgIpc) is 2.28. The van der Waals surface area contributed by atoms with Gasteiger partial charge in [-0.25, -0.2) is 0 Å². The molecule has 2 aromatic carbocycles. The number of para-hydroxylation sites is 2. The molecule has 16 heavy (non-hydrogen) atoms. The summed E-state index contributed by atoms with van der Waals surface area (Å²) in [4.78, 5) is 0. The fourth-order valence-electron chi connectivity index (χ4n) is 1.92. The highest BCUT2D eigenvalue weighted by molar-refractivity contribution is 6.33. The first-order valence-corrected chi connectivity index (χ1v) is 5.74. The first-order chi connectivity index (χ1) is 7.75. The van der Waals surface area contributed by atoms with Crippen LogP contribution in [0, 0.1) is 0 Å². The van der Waals surface area contributed by atoms with E-state index in [-0.39, 0.29) is 0 Å². The molecule has 1 aliphatic heterocycles. The Balaban J connectivity index is 2.17. The van der Waals surface area contributed by atoms with E-state index < -0.39 is 0 Å². The molecule has 0 spiro atoms. The van der Waals surface area contributed by atoms with Crippen LogP contribution in [0.5, 0.6) is 11.5 Å². The summed E-state index contributed by atoms with van der Waals surface area (Å²) in [6.07, 6.45) is 0.811. The van der Waals surface area contributed by atoms with E-state index in [1.807, 2.05) is 36.4 Å². The van der Waals surface area contributed by atoms with Gasteiger partial charge < -0.3 is 4.74 Å². The van der Waals surface area contributed by atoms with Gasteiger partial charge in [0.25, 0.3) is 0 Å². The molecule has 0 amide bonds. The topological polar surface area (TPSA) is 9.23 Å². The van der Waals surface area contributed by atoms with Crippen molar-refractivity contribution in [3.63, 3.8) is 0 Å². The maximum atomic E-state index is 6.09. The van der Waals surface area contributed by atoms with Crippen molar-refractivity contribution >= 4 is 23.2 Å². The minimum Gasteiger partial charge on any atom is -0.454 e. The zero-order valence-electron chi connectivity index (χ0n) is 8.34. The minimum atomic E-state index is 0.628. The standard InChI is InChI=1S/C13H8Cl2O/c14-10-5-1-3-8-7-9-4-2-6-11(15)13(9)16-12(8)10/h1-6H,7H2. The molecule has 3 rings (SSSR count). The Kier molecular flexibility index (Phi) is 2.31. The molecule has 0 saturated carbocycles. The predicted octanol–water partition coefficient (Wildman–Crippen LogP) is 4.69. The van der Waals surface area contributed by atoms with Gasteiger partial charge in [0.1, 0.15) is 11.5 Å². The Hall–Kier alpha value is -1.18. The monoisotopic (exact) mass is 250 g/mol. The van der Waals surface area contributed by atoms with Gasteiger partial charge in [0.15, 0.2) is 0 Å². The summed E-state index contributed by atoms with van der Waals surface area (Å²) in [5.74, 6) is 1.45. The summed E-state index contributed by atoms with van der Waals surface area (Å²) in [6, 6.07) is 11.5. The zero-order chi connectivity index (χ0) is 11.1. The second-order valence-electron chi connectivity index (χ2n) is 3.74. The van der Waals surface area contributed by atoms with Crippen molar-refractivity contribution in [2.45, 2.75) is 6.42 Å². The molecular formula is C13H8Cl2O. The van der Waals surface area contributed by atoms with E-state index in [0.29, 0.717) is 10.0 Å². The molecule has 0 fully saturated rings. The molecule has 0 aliphatic carbocycles. The predicted molar refractivity (Wildman–Crippen MR) is 65.8 cm³/mol. The van der Waals surface area contributed by atoms with Crippen molar-refractivity contribution in [3.05, 3.63) is 57.6 Å². The van der Waals surface area contributed by atoms with Gasteiger partial charge in [-0.15, -0.1) is 0 Å². The van der Waals surface area contributed by atoms with E-state index in [1.54, 1.807) is 0 Å². The van der Waals surface area contributed by atoms with Gasteiger partial charge in [-0.1, -0.05) is 47.5 Å². The summed E-state index contributed by atoms with van der Waals surface area (Å²) < 4.78 is 5.78. The molecular weight excluding hydrogens is 243 g/mol. The lowest BCUT2D eigenvalue weighted by molar-refractivity contribution is 0.460. The maximum Gasteiger partial charge on any atom is 0.149 e. The van der Waals surface area contributed by atoms with Gasteiger partial charge in [0, 0.05) is 17.5 Å². The van der Waals surface area contributed by atoms with Crippen LogP contribution in [0.1, 0.15) is 11.1 Å². The fourth-order valence-corrected chi connectivity index (χ4v) is 2.39. The zero-order valence-corrected chi connectivity index (χ0v) is 9.85. The van der Waals surface area contributed by atoms with Crippen molar-refractivity contribution < 1.29 is 4.74 Å². The van der Waals surface area contributed by atoms with Gasteiger partial charge in [-0.3, -0.25) is 0 Å². The van der Waals surface area contributed by atoms with Gasteiger partial charge >= 0.3 is 0 Å².